The second kappa shape index (κ2) is 11.8. The predicted octanol–water partition coefficient (Wildman–Crippen LogP) is 4.60. The molecule has 0 saturated carbocycles. The first-order valence-electron chi connectivity index (χ1n) is 9.08. The van der Waals surface area contributed by atoms with Gasteiger partial charge >= 0.3 is 17.1 Å². The molecule has 1 amide bonds. The normalized spacial score (nSPS) is 11.2. The number of para-hydroxylation sites is 1. The summed E-state index contributed by atoms with van der Waals surface area (Å²) < 4.78 is 0. The van der Waals surface area contributed by atoms with Gasteiger partial charge in [0.05, 0.1) is 10.6 Å². The summed E-state index contributed by atoms with van der Waals surface area (Å²) in [5.74, 6) is -0.515. The molecule has 1 atom stereocenters. The molecule has 0 aliphatic rings. The fourth-order valence-electron chi connectivity index (χ4n) is 2.82. The minimum Gasteiger partial charge on any atom is -0.657 e. The number of nitro groups is 1. The van der Waals surface area contributed by atoms with Crippen molar-refractivity contribution in [3.63, 3.8) is 0 Å². The van der Waals surface area contributed by atoms with Crippen molar-refractivity contribution in [1.82, 2.24) is 9.97 Å². The third kappa shape index (κ3) is 6.45. The zero-order valence-electron chi connectivity index (χ0n) is 15.9. The summed E-state index contributed by atoms with van der Waals surface area (Å²) in [5, 5.41) is 20.1. The van der Waals surface area contributed by atoms with Crippen LogP contribution in [0.25, 0.3) is 10.6 Å². The molecule has 1 aromatic carbocycles. The molecule has 9 heteroatoms. The zero-order chi connectivity index (χ0) is 20.5. The largest absolute Gasteiger partial charge is 2.00 e. The average Bonchev–Trinajstić information content (AvgIpc) is 2.77. The molecule has 3 aromatic rings. The summed E-state index contributed by atoms with van der Waals surface area (Å²) >= 11 is 0. The Balaban J connectivity index is 0.00000320. The fraction of sp³-hybridized carbons (Fsp3) is 0.190. The summed E-state index contributed by atoms with van der Waals surface area (Å²) in [4.78, 5) is 31.7. The number of aromatic nitrogens is 2. The van der Waals surface area contributed by atoms with Gasteiger partial charge in [-0.3, -0.25) is 20.1 Å². The molecule has 2 heterocycles. The topological polar surface area (TPSA) is 114 Å². The molecule has 0 spiro atoms. The number of hydrogen-bond donors (Lipinski definition) is 0. The summed E-state index contributed by atoms with van der Waals surface area (Å²) in [6.07, 6.45) is 3.56. The second-order valence-electron chi connectivity index (χ2n) is 6.20. The van der Waals surface area contributed by atoms with Crippen LogP contribution in [-0.2, 0) is 23.6 Å². The van der Waals surface area contributed by atoms with Gasteiger partial charge in [0.1, 0.15) is 5.91 Å². The average molecular weight is 453 g/mol. The van der Waals surface area contributed by atoms with E-state index in [-0.39, 0.29) is 28.4 Å². The quantitative estimate of drug-likeness (QED) is 0.203. The molecule has 0 aliphatic carbocycles. The summed E-state index contributed by atoms with van der Waals surface area (Å²) in [6, 6.07) is 16.2. The molecule has 2 aromatic heterocycles. The summed E-state index contributed by atoms with van der Waals surface area (Å²) in [7, 11) is 0. The molecule has 157 valence electrons. The van der Waals surface area contributed by atoms with Crippen molar-refractivity contribution < 1.29 is 26.8 Å². The van der Waals surface area contributed by atoms with Gasteiger partial charge in [0.25, 0.3) is 5.69 Å². The van der Waals surface area contributed by atoms with E-state index in [1.54, 1.807) is 42.6 Å². The van der Waals surface area contributed by atoms with Crippen LogP contribution in [0.5, 0.6) is 0 Å². The van der Waals surface area contributed by atoms with E-state index in [1.807, 2.05) is 18.2 Å². The van der Waals surface area contributed by atoms with E-state index in [2.05, 4.69) is 20.6 Å². The molecule has 0 bridgehead atoms. The number of carbonyl (C=O) groups is 1. The number of rotatable bonds is 9. The van der Waals surface area contributed by atoms with Gasteiger partial charge < -0.3 is 15.4 Å². The van der Waals surface area contributed by atoms with E-state index < -0.39 is 16.9 Å². The first-order chi connectivity index (χ1) is 14.1. The van der Waals surface area contributed by atoms with Crippen LogP contribution in [0.4, 0.5) is 5.69 Å². The molecule has 1 radical (unpaired) electrons. The van der Waals surface area contributed by atoms with E-state index in [0.717, 1.165) is 5.69 Å². The van der Waals surface area contributed by atoms with Gasteiger partial charge in [-0.1, -0.05) is 42.8 Å². The predicted molar refractivity (Wildman–Crippen MR) is 109 cm³/mol. The Labute approximate surface area is 184 Å². The number of nitro benzene ring substituents is 1. The zero-order valence-corrected chi connectivity index (χ0v) is 16.8. The van der Waals surface area contributed by atoms with Crippen LogP contribution >= 0.6 is 0 Å². The molecule has 0 aliphatic heterocycles. The molecule has 0 N–H and O–H groups in total. The van der Waals surface area contributed by atoms with Crippen molar-refractivity contribution in [2.75, 3.05) is 6.54 Å². The van der Waals surface area contributed by atoms with Gasteiger partial charge in [-0.2, -0.15) is 0 Å². The van der Waals surface area contributed by atoms with E-state index >= 15 is 0 Å². The van der Waals surface area contributed by atoms with E-state index in [9.17, 15) is 14.9 Å². The van der Waals surface area contributed by atoms with Crippen molar-refractivity contribution in [3.05, 3.63) is 111 Å². The van der Waals surface area contributed by atoms with Gasteiger partial charge in [0.2, 0.25) is 0 Å². The first kappa shape index (κ1) is 23.2. The molecule has 0 fully saturated rings. The molecule has 0 saturated heterocycles. The molecular formula is C21H19CuN5O3. The third-order valence-electron chi connectivity index (χ3n) is 4.21. The Hall–Kier alpha value is -3.13. The number of nitrogens with zero attached hydrogens (tertiary/aromatic N) is 5. The standard InChI is InChI=1S/C21H20N5O3.Cu/c27-21(19-9-4-6-13-24-19)25-18(17-8-1-2-10-20(17)26(28)29)11-14-22-15-16-7-3-5-12-23-16;/h1-10,12-13,18H,11,14-15H2,(H,25,27);/q-1;+2/p-1. The van der Waals surface area contributed by atoms with Gasteiger partial charge in [0.15, 0.2) is 0 Å². The van der Waals surface area contributed by atoms with Crippen molar-refractivity contribution in [3.8, 4) is 0 Å². The minimum absolute atomic E-state index is 0. The number of hydrogen-bond acceptors (Lipinski definition) is 5. The van der Waals surface area contributed by atoms with Gasteiger partial charge in [-0.15, -0.1) is 13.1 Å². The van der Waals surface area contributed by atoms with E-state index in [0.29, 0.717) is 25.1 Å². The van der Waals surface area contributed by atoms with E-state index in [1.165, 1.54) is 12.3 Å². The Morgan fingerprint density at radius 3 is 2.37 bits per heavy atom. The third-order valence-corrected chi connectivity index (χ3v) is 4.21. The number of amides is 1. The molecular weight excluding hydrogens is 434 g/mol. The van der Waals surface area contributed by atoms with Crippen LogP contribution in [0.3, 0.4) is 0 Å². The van der Waals surface area contributed by atoms with Crippen molar-refractivity contribution in [2.45, 2.75) is 19.0 Å². The van der Waals surface area contributed by atoms with Crippen LogP contribution in [-0.4, -0.2) is 27.3 Å². The minimum atomic E-state index is -0.696. The van der Waals surface area contributed by atoms with Crippen LogP contribution < -0.4 is 0 Å². The van der Waals surface area contributed by atoms with Crippen molar-refractivity contribution in [2.24, 2.45) is 0 Å². The molecule has 8 nitrogen and oxygen atoms in total. The van der Waals surface area contributed by atoms with Crippen LogP contribution in [0.2, 0.25) is 0 Å². The maximum absolute atomic E-state index is 12.5. The van der Waals surface area contributed by atoms with Crippen molar-refractivity contribution in [1.29, 1.82) is 0 Å². The maximum atomic E-state index is 12.5. The Kier molecular flexibility index (Phi) is 9.08. The van der Waals surface area contributed by atoms with Gasteiger partial charge in [0, 0.05) is 29.7 Å². The Morgan fingerprint density at radius 2 is 1.70 bits per heavy atom. The Morgan fingerprint density at radius 1 is 1.00 bits per heavy atom. The molecule has 1 unspecified atom stereocenters. The van der Waals surface area contributed by atoms with Crippen LogP contribution in [0.1, 0.15) is 34.2 Å². The SMILES string of the molecule is O=C([N-]C(CC[N-]Cc1ccccn1)c1ccccc1[N+](=O)[O-])c1ccccn1.[Cu+2]. The summed E-state index contributed by atoms with van der Waals surface area (Å²) in [6.45, 7) is 0.810. The molecule has 30 heavy (non-hydrogen) atoms. The van der Waals surface area contributed by atoms with Crippen molar-refractivity contribution >= 4 is 11.6 Å². The molecule has 3 rings (SSSR count). The summed E-state index contributed by atoms with van der Waals surface area (Å²) in [5.41, 5.74) is 1.34. The number of benzene rings is 1. The van der Waals surface area contributed by atoms with Crippen LogP contribution in [0, 0.1) is 10.1 Å². The monoisotopic (exact) mass is 452 g/mol. The first-order valence-corrected chi connectivity index (χ1v) is 9.08. The van der Waals surface area contributed by atoms with Crippen LogP contribution in [0.15, 0.2) is 73.1 Å². The second-order valence-corrected chi connectivity index (χ2v) is 6.20. The smallest absolute Gasteiger partial charge is 0.657 e. The maximum Gasteiger partial charge on any atom is 2.00 e. The number of pyridine rings is 2. The number of carbonyl (C=O) groups excluding carboxylic acids is 1. The van der Waals surface area contributed by atoms with Gasteiger partial charge in [-0.05, 0) is 24.3 Å². The fourth-order valence-corrected chi connectivity index (χ4v) is 2.82. The van der Waals surface area contributed by atoms with Gasteiger partial charge in [-0.25, -0.2) is 0 Å². The Bertz CT molecular complexity index is 957. The van der Waals surface area contributed by atoms with E-state index in [4.69, 9.17) is 0 Å².